The number of hydrogen-bond acceptors (Lipinski definition) is 6. The van der Waals surface area contributed by atoms with E-state index in [4.69, 9.17) is 0 Å². The van der Waals surface area contributed by atoms with Crippen LogP contribution >= 0.6 is 0 Å². The number of carbonyl (C=O) groups excluding carboxylic acids is 1. The molecule has 1 amide bonds. The molecular weight excluding hydrogens is 456 g/mol. The monoisotopic (exact) mass is 478 g/mol. The first-order valence-electron chi connectivity index (χ1n) is 10.1. The quantitative estimate of drug-likeness (QED) is 0.281. The molecule has 0 aliphatic carbocycles. The van der Waals surface area contributed by atoms with E-state index in [0.717, 1.165) is 11.1 Å². The molecule has 0 radical (unpaired) electrons. The van der Waals surface area contributed by atoms with Crippen molar-refractivity contribution in [2.45, 2.75) is 18.7 Å². The van der Waals surface area contributed by atoms with Crippen molar-refractivity contribution < 1.29 is 18.1 Å². The number of nitrogens with zero attached hydrogens (tertiary/aromatic N) is 2. The van der Waals surface area contributed by atoms with Crippen LogP contribution in [0.4, 0.5) is 11.4 Å². The van der Waals surface area contributed by atoms with Crippen LogP contribution in [0.1, 0.15) is 27.0 Å². The summed E-state index contributed by atoms with van der Waals surface area (Å²) in [6, 6.07) is 17.1. The number of rotatable bonds is 8. The van der Waals surface area contributed by atoms with Crippen LogP contribution in [0.25, 0.3) is 6.08 Å². The maximum atomic E-state index is 12.8. The molecule has 0 heterocycles. The minimum absolute atomic E-state index is 0.0522. The zero-order chi connectivity index (χ0) is 24.7. The summed E-state index contributed by atoms with van der Waals surface area (Å²) in [7, 11) is -3.91. The molecule has 3 aromatic carbocycles. The lowest BCUT2D eigenvalue weighted by molar-refractivity contribution is -0.385. The van der Waals surface area contributed by atoms with E-state index in [1.165, 1.54) is 48.7 Å². The molecule has 0 aromatic heterocycles. The second kappa shape index (κ2) is 10.5. The summed E-state index contributed by atoms with van der Waals surface area (Å²) in [5.41, 5.74) is 4.98. The van der Waals surface area contributed by atoms with E-state index < -0.39 is 20.9 Å². The summed E-state index contributed by atoms with van der Waals surface area (Å²) in [4.78, 5) is 22.9. The van der Waals surface area contributed by atoms with Crippen molar-refractivity contribution in [3.05, 3.63) is 105 Å². The third-order valence-corrected chi connectivity index (χ3v) is 6.13. The number of amides is 1. The van der Waals surface area contributed by atoms with Crippen molar-refractivity contribution in [2.24, 2.45) is 5.10 Å². The van der Waals surface area contributed by atoms with Gasteiger partial charge in [-0.15, -0.1) is 0 Å². The van der Waals surface area contributed by atoms with Crippen molar-refractivity contribution in [3.8, 4) is 0 Å². The second-order valence-corrected chi connectivity index (χ2v) is 9.03. The van der Waals surface area contributed by atoms with Crippen LogP contribution in [0.15, 0.2) is 82.8 Å². The zero-order valence-electron chi connectivity index (χ0n) is 18.4. The highest BCUT2D eigenvalue weighted by Crippen LogP contribution is 2.21. The fourth-order valence-corrected chi connectivity index (χ4v) is 4.26. The Balaban J connectivity index is 1.68. The fraction of sp³-hybridized carbons (Fsp3) is 0.0833. The molecule has 3 rings (SSSR count). The predicted octanol–water partition coefficient (Wildman–Crippen LogP) is 4.44. The molecule has 0 fully saturated rings. The van der Waals surface area contributed by atoms with E-state index in [-0.39, 0.29) is 16.1 Å². The standard InChI is InChI=1S/C24H22N4O5S/c1-17-12-13-22(18(2)15-17)27-34(32,33)21-10-5-8-20(16-21)24(29)26-25-14-6-9-19-7-3-4-11-23(19)28(30)31/h3-16,27H,1-2H3,(H,26,29)/b9-6+,25-14-. The third-order valence-electron chi connectivity index (χ3n) is 4.77. The van der Waals surface area contributed by atoms with Gasteiger partial charge in [0.1, 0.15) is 0 Å². The van der Waals surface area contributed by atoms with E-state index in [1.807, 2.05) is 13.0 Å². The molecule has 9 nitrogen and oxygen atoms in total. The molecule has 0 atom stereocenters. The minimum Gasteiger partial charge on any atom is -0.279 e. The van der Waals surface area contributed by atoms with Gasteiger partial charge in [0.25, 0.3) is 21.6 Å². The highest BCUT2D eigenvalue weighted by Gasteiger charge is 2.17. The Kier molecular flexibility index (Phi) is 7.54. The average molecular weight is 479 g/mol. The number of para-hydroxylation sites is 1. The highest BCUT2D eigenvalue weighted by atomic mass is 32.2. The third kappa shape index (κ3) is 6.14. The smallest absolute Gasteiger partial charge is 0.276 e. The van der Waals surface area contributed by atoms with Crippen molar-refractivity contribution in [1.29, 1.82) is 0 Å². The summed E-state index contributed by atoms with van der Waals surface area (Å²) in [5, 5.41) is 14.8. The molecule has 174 valence electrons. The number of allylic oxidation sites excluding steroid dienone is 1. The molecule has 0 bridgehead atoms. The van der Waals surface area contributed by atoms with Crippen LogP contribution in [0.3, 0.4) is 0 Å². The predicted molar refractivity (Wildman–Crippen MR) is 131 cm³/mol. The zero-order valence-corrected chi connectivity index (χ0v) is 19.2. The van der Waals surface area contributed by atoms with Gasteiger partial charge in [0.2, 0.25) is 0 Å². The number of sulfonamides is 1. The maximum absolute atomic E-state index is 12.8. The summed E-state index contributed by atoms with van der Waals surface area (Å²) in [6.07, 6.45) is 4.19. The first-order chi connectivity index (χ1) is 16.2. The number of hydrogen-bond donors (Lipinski definition) is 2. The van der Waals surface area contributed by atoms with E-state index >= 15 is 0 Å². The van der Waals surface area contributed by atoms with Crippen LogP contribution in [0.5, 0.6) is 0 Å². The topological polar surface area (TPSA) is 131 Å². The number of carbonyl (C=O) groups is 1. The first kappa shape index (κ1) is 24.3. The molecule has 0 aliphatic rings. The number of aryl methyl sites for hydroxylation is 2. The van der Waals surface area contributed by atoms with E-state index in [0.29, 0.717) is 11.3 Å². The molecule has 0 unspecified atom stereocenters. The second-order valence-electron chi connectivity index (χ2n) is 7.35. The molecule has 0 saturated carbocycles. The lowest BCUT2D eigenvalue weighted by Crippen LogP contribution is -2.19. The number of anilines is 1. The van der Waals surface area contributed by atoms with Crippen molar-refractivity contribution in [2.75, 3.05) is 4.72 Å². The highest BCUT2D eigenvalue weighted by molar-refractivity contribution is 7.92. The Morgan fingerprint density at radius 2 is 1.79 bits per heavy atom. The van der Waals surface area contributed by atoms with Crippen molar-refractivity contribution in [1.82, 2.24) is 5.43 Å². The van der Waals surface area contributed by atoms with Gasteiger partial charge in [0, 0.05) is 17.8 Å². The Labute approximate surface area is 197 Å². The van der Waals surface area contributed by atoms with E-state index in [1.54, 1.807) is 37.3 Å². The molecule has 10 heteroatoms. The van der Waals surface area contributed by atoms with E-state index in [2.05, 4.69) is 15.2 Å². The van der Waals surface area contributed by atoms with Crippen molar-refractivity contribution in [3.63, 3.8) is 0 Å². The lowest BCUT2D eigenvalue weighted by Gasteiger charge is -2.12. The Morgan fingerprint density at radius 1 is 1.03 bits per heavy atom. The summed E-state index contributed by atoms with van der Waals surface area (Å²) >= 11 is 0. The number of benzene rings is 3. The largest absolute Gasteiger partial charge is 0.279 e. The van der Waals surface area contributed by atoms with Gasteiger partial charge in [-0.3, -0.25) is 19.6 Å². The van der Waals surface area contributed by atoms with Crippen LogP contribution in [0.2, 0.25) is 0 Å². The molecule has 0 spiro atoms. The van der Waals surface area contributed by atoms with Crippen LogP contribution < -0.4 is 10.1 Å². The maximum Gasteiger partial charge on any atom is 0.276 e. The summed E-state index contributed by atoms with van der Waals surface area (Å²) in [5.74, 6) is -0.612. The normalized spacial score (nSPS) is 11.6. The number of hydrazone groups is 1. The average Bonchev–Trinajstić information content (AvgIpc) is 2.81. The molecule has 2 N–H and O–H groups in total. The number of nitro benzene ring substituents is 1. The summed E-state index contributed by atoms with van der Waals surface area (Å²) in [6.45, 7) is 3.72. The molecule has 0 saturated heterocycles. The number of nitro groups is 1. The minimum atomic E-state index is -3.91. The fourth-order valence-electron chi connectivity index (χ4n) is 3.08. The van der Waals surface area contributed by atoms with Crippen molar-refractivity contribution >= 4 is 39.6 Å². The molecule has 34 heavy (non-hydrogen) atoms. The van der Waals surface area contributed by atoms with Crippen LogP contribution in [0, 0.1) is 24.0 Å². The Hall–Kier alpha value is -4.31. The van der Waals surface area contributed by atoms with Crippen LogP contribution in [-0.2, 0) is 10.0 Å². The Bertz CT molecular complexity index is 1400. The van der Waals surface area contributed by atoms with Crippen LogP contribution in [-0.4, -0.2) is 25.5 Å². The van der Waals surface area contributed by atoms with Gasteiger partial charge in [-0.1, -0.05) is 35.9 Å². The molecule has 0 aliphatic heterocycles. The number of nitrogens with one attached hydrogen (secondary N) is 2. The SMILES string of the molecule is Cc1ccc(NS(=O)(=O)c2cccc(C(=O)N/N=C\C=C\c3ccccc3[N+](=O)[O-])c2)c(C)c1. The van der Waals surface area contributed by atoms with Gasteiger partial charge in [0.05, 0.1) is 21.1 Å². The molecular formula is C24H22N4O5S. The first-order valence-corrected chi connectivity index (χ1v) is 11.6. The van der Waals surface area contributed by atoms with Gasteiger partial charge < -0.3 is 0 Å². The van der Waals surface area contributed by atoms with Gasteiger partial charge in [0.15, 0.2) is 0 Å². The van der Waals surface area contributed by atoms with Gasteiger partial charge in [-0.05, 0) is 61.9 Å². The Morgan fingerprint density at radius 3 is 2.53 bits per heavy atom. The van der Waals surface area contributed by atoms with E-state index in [9.17, 15) is 23.3 Å². The van der Waals surface area contributed by atoms with Gasteiger partial charge in [-0.2, -0.15) is 5.10 Å². The lowest BCUT2D eigenvalue weighted by atomic mass is 10.1. The molecule has 3 aromatic rings. The van der Waals surface area contributed by atoms with Gasteiger partial charge in [-0.25, -0.2) is 13.8 Å². The van der Waals surface area contributed by atoms with Gasteiger partial charge >= 0.3 is 0 Å². The summed E-state index contributed by atoms with van der Waals surface area (Å²) < 4.78 is 28.1.